The molecule has 1 aromatic carbocycles. The molecule has 18 heavy (non-hydrogen) atoms. The van der Waals surface area contributed by atoms with Gasteiger partial charge in [0.05, 0.1) is 13.2 Å². The van der Waals surface area contributed by atoms with E-state index in [1.54, 1.807) is 6.20 Å². The maximum atomic E-state index is 5.58. The average molecular weight is 239 g/mol. The summed E-state index contributed by atoms with van der Waals surface area (Å²) < 4.78 is 11.0. The number of hydrogen-bond acceptors (Lipinski definition) is 3. The third-order valence-corrected chi connectivity index (χ3v) is 2.33. The summed E-state index contributed by atoms with van der Waals surface area (Å²) in [5, 5.41) is 0. The Balaban J connectivity index is 1.63. The molecule has 0 unspecified atom stereocenters. The van der Waals surface area contributed by atoms with Gasteiger partial charge in [-0.05, 0) is 18.2 Å². The zero-order valence-electron chi connectivity index (χ0n) is 10.1. The molecule has 0 saturated heterocycles. The molecule has 0 aliphatic rings. The minimum Gasteiger partial charge on any atom is -0.493 e. The Morgan fingerprint density at radius 2 is 1.72 bits per heavy atom. The van der Waals surface area contributed by atoms with Gasteiger partial charge < -0.3 is 9.47 Å². The second-order valence-corrected chi connectivity index (χ2v) is 3.79. The Kier molecular flexibility index (Phi) is 4.64. The Bertz CT molecular complexity index is 459. The lowest BCUT2D eigenvalue weighted by Gasteiger charge is -2.07. The lowest BCUT2D eigenvalue weighted by atomic mass is 9.97. The van der Waals surface area contributed by atoms with Crippen LogP contribution in [0.25, 0.3) is 0 Å². The van der Waals surface area contributed by atoms with Crippen LogP contribution in [0.3, 0.4) is 0 Å². The lowest BCUT2D eigenvalue weighted by molar-refractivity contribution is 0.242. The minimum atomic E-state index is 0.589. The predicted octanol–water partition coefficient (Wildman–Crippen LogP) is 1.72. The smallest absolute Gasteiger partial charge is 0.213 e. The van der Waals surface area contributed by atoms with E-state index in [0.29, 0.717) is 19.1 Å². The molecule has 0 amide bonds. The van der Waals surface area contributed by atoms with Crippen LogP contribution in [0, 0.1) is 0 Å². The molecule has 0 spiro atoms. The van der Waals surface area contributed by atoms with Gasteiger partial charge in [0.15, 0.2) is 0 Å². The van der Waals surface area contributed by atoms with Crippen molar-refractivity contribution in [2.45, 2.75) is 6.42 Å². The number of ether oxygens (including phenoxy) is 2. The molecule has 2 radical (unpaired) electrons. The lowest BCUT2D eigenvalue weighted by Crippen LogP contribution is -2.06. The van der Waals surface area contributed by atoms with Crippen molar-refractivity contribution in [2.75, 3.05) is 13.2 Å². The molecule has 3 nitrogen and oxygen atoms in total. The first-order valence-electron chi connectivity index (χ1n) is 5.87. The van der Waals surface area contributed by atoms with E-state index in [9.17, 15) is 0 Å². The predicted molar refractivity (Wildman–Crippen MR) is 71.7 cm³/mol. The highest BCUT2D eigenvalue weighted by Gasteiger charge is 1.95. The topological polar surface area (TPSA) is 31.4 Å². The molecular formula is C14H14BNO2. The molecule has 0 atom stereocenters. The van der Waals surface area contributed by atoms with Gasteiger partial charge in [-0.2, -0.15) is 0 Å². The molecule has 0 saturated carbocycles. The standard InChI is InChI=1S/C14H14BNO2/c15-12-5-7-13(8-6-12)17-10-3-11-18-14-4-1-2-9-16-14/h1-2,4-9H,3,10-11H2. The molecule has 0 bridgehead atoms. The van der Waals surface area contributed by atoms with Gasteiger partial charge in [-0.15, -0.1) is 0 Å². The number of pyridine rings is 1. The van der Waals surface area contributed by atoms with Gasteiger partial charge in [-0.3, -0.25) is 0 Å². The molecule has 0 N–H and O–H groups in total. The minimum absolute atomic E-state index is 0.589. The van der Waals surface area contributed by atoms with E-state index in [1.165, 1.54) is 0 Å². The fraction of sp³-hybridized carbons (Fsp3) is 0.214. The maximum absolute atomic E-state index is 5.58. The summed E-state index contributed by atoms with van der Waals surface area (Å²) in [5.74, 6) is 1.46. The largest absolute Gasteiger partial charge is 0.493 e. The van der Waals surface area contributed by atoms with Crippen LogP contribution in [0.4, 0.5) is 0 Å². The molecule has 90 valence electrons. The second kappa shape index (κ2) is 6.69. The fourth-order valence-electron chi connectivity index (χ4n) is 1.42. The number of hydrogen-bond donors (Lipinski definition) is 0. The Hall–Kier alpha value is -1.97. The molecule has 1 aromatic heterocycles. The molecule has 1 heterocycles. The maximum Gasteiger partial charge on any atom is 0.213 e. The van der Waals surface area contributed by atoms with Crippen LogP contribution in [0.5, 0.6) is 11.6 Å². The van der Waals surface area contributed by atoms with Crippen molar-refractivity contribution in [1.82, 2.24) is 4.98 Å². The second-order valence-electron chi connectivity index (χ2n) is 3.79. The van der Waals surface area contributed by atoms with Gasteiger partial charge in [0, 0.05) is 18.7 Å². The highest BCUT2D eigenvalue weighted by molar-refractivity contribution is 6.32. The molecule has 0 aliphatic carbocycles. The van der Waals surface area contributed by atoms with Crippen molar-refractivity contribution in [3.8, 4) is 11.6 Å². The normalized spacial score (nSPS) is 10.0. The number of nitrogens with zero attached hydrogens (tertiary/aromatic N) is 1. The quantitative estimate of drug-likeness (QED) is 0.568. The Labute approximate surface area is 108 Å². The summed E-state index contributed by atoms with van der Waals surface area (Å²) >= 11 is 0. The highest BCUT2D eigenvalue weighted by Crippen LogP contribution is 2.08. The van der Waals surface area contributed by atoms with E-state index in [4.69, 9.17) is 17.3 Å². The van der Waals surface area contributed by atoms with Crippen LogP contribution in [0.2, 0.25) is 0 Å². The van der Waals surface area contributed by atoms with Crippen LogP contribution in [-0.4, -0.2) is 26.0 Å². The van der Waals surface area contributed by atoms with Crippen LogP contribution < -0.4 is 14.9 Å². The number of benzene rings is 1. The zero-order valence-corrected chi connectivity index (χ0v) is 10.1. The van der Waals surface area contributed by atoms with E-state index in [-0.39, 0.29) is 0 Å². The summed E-state index contributed by atoms with van der Waals surface area (Å²) in [6.07, 6.45) is 2.52. The molecule has 0 fully saturated rings. The van der Waals surface area contributed by atoms with Crippen molar-refractivity contribution in [2.24, 2.45) is 0 Å². The van der Waals surface area contributed by atoms with E-state index in [2.05, 4.69) is 4.98 Å². The Morgan fingerprint density at radius 3 is 2.44 bits per heavy atom. The first-order chi connectivity index (χ1) is 8.84. The van der Waals surface area contributed by atoms with Crippen molar-refractivity contribution in [3.63, 3.8) is 0 Å². The molecule has 2 rings (SSSR count). The van der Waals surface area contributed by atoms with Crippen LogP contribution in [0.1, 0.15) is 6.42 Å². The summed E-state index contributed by atoms with van der Waals surface area (Å²) in [4.78, 5) is 4.07. The fourth-order valence-corrected chi connectivity index (χ4v) is 1.42. The van der Waals surface area contributed by atoms with Crippen molar-refractivity contribution < 1.29 is 9.47 Å². The van der Waals surface area contributed by atoms with E-state index in [0.717, 1.165) is 17.6 Å². The van der Waals surface area contributed by atoms with Gasteiger partial charge in [-0.25, -0.2) is 4.98 Å². The molecule has 4 heteroatoms. The molecule has 2 aromatic rings. The van der Waals surface area contributed by atoms with E-state index < -0.39 is 0 Å². The van der Waals surface area contributed by atoms with Gasteiger partial charge in [-0.1, -0.05) is 23.7 Å². The molecular weight excluding hydrogens is 225 g/mol. The summed E-state index contributed by atoms with van der Waals surface area (Å²) in [6, 6.07) is 12.9. The SMILES string of the molecule is [B]c1ccc(OCCCOc2ccccn2)cc1. The van der Waals surface area contributed by atoms with Crippen LogP contribution in [0.15, 0.2) is 48.7 Å². The van der Waals surface area contributed by atoms with Crippen LogP contribution >= 0.6 is 0 Å². The van der Waals surface area contributed by atoms with Gasteiger partial charge in [0.1, 0.15) is 13.6 Å². The average Bonchev–Trinajstić information content (AvgIpc) is 2.42. The van der Waals surface area contributed by atoms with Crippen molar-refractivity contribution >= 4 is 13.3 Å². The monoisotopic (exact) mass is 239 g/mol. The van der Waals surface area contributed by atoms with Gasteiger partial charge in [0.2, 0.25) is 5.88 Å². The van der Waals surface area contributed by atoms with Gasteiger partial charge >= 0.3 is 0 Å². The first kappa shape index (κ1) is 12.5. The third kappa shape index (κ3) is 4.13. The van der Waals surface area contributed by atoms with E-state index in [1.807, 2.05) is 42.5 Å². The highest BCUT2D eigenvalue weighted by atomic mass is 16.5. The zero-order chi connectivity index (χ0) is 12.6. The summed E-state index contributed by atoms with van der Waals surface area (Å²) in [7, 11) is 5.58. The molecule has 0 aliphatic heterocycles. The summed E-state index contributed by atoms with van der Waals surface area (Å²) in [5.41, 5.74) is 0.737. The number of rotatable bonds is 6. The summed E-state index contributed by atoms with van der Waals surface area (Å²) in [6.45, 7) is 1.20. The van der Waals surface area contributed by atoms with Crippen molar-refractivity contribution in [3.05, 3.63) is 48.7 Å². The first-order valence-corrected chi connectivity index (χ1v) is 5.87. The Morgan fingerprint density at radius 1 is 0.944 bits per heavy atom. The third-order valence-electron chi connectivity index (χ3n) is 2.33. The van der Waals surface area contributed by atoms with Crippen LogP contribution in [-0.2, 0) is 0 Å². The number of aromatic nitrogens is 1. The van der Waals surface area contributed by atoms with E-state index >= 15 is 0 Å². The van der Waals surface area contributed by atoms with Gasteiger partial charge in [0.25, 0.3) is 0 Å². The van der Waals surface area contributed by atoms with Crippen molar-refractivity contribution in [1.29, 1.82) is 0 Å².